The third-order valence-corrected chi connectivity index (χ3v) is 2.98. The second kappa shape index (κ2) is 5.92. The number of rotatable bonds is 5. The zero-order valence-corrected chi connectivity index (χ0v) is 11.7. The predicted molar refractivity (Wildman–Crippen MR) is 80.7 cm³/mol. The van der Waals surface area contributed by atoms with E-state index in [2.05, 4.69) is 15.3 Å². The number of nitrogens with one attached hydrogen (secondary N) is 2. The first-order chi connectivity index (χ1) is 9.45. The van der Waals surface area contributed by atoms with Gasteiger partial charge in [0.2, 0.25) is 5.95 Å². The van der Waals surface area contributed by atoms with Crippen molar-refractivity contribution < 1.29 is 5.11 Å². The summed E-state index contributed by atoms with van der Waals surface area (Å²) in [5.41, 5.74) is 6.50. The number of H-pyrrole nitrogens is 1. The van der Waals surface area contributed by atoms with E-state index in [9.17, 15) is 9.90 Å². The number of aromatic amines is 1. The van der Waals surface area contributed by atoms with Gasteiger partial charge in [-0.15, -0.1) is 0 Å². The Bertz CT molecular complexity index is 651. The lowest BCUT2D eigenvalue weighted by Gasteiger charge is -2.14. The lowest BCUT2D eigenvalue weighted by Crippen LogP contribution is -2.23. The van der Waals surface area contributed by atoms with Gasteiger partial charge in [-0.2, -0.15) is 0 Å². The SMILES string of the molecule is CC(C)CC(O)CNc1nc2ccc(N)cc2c(=O)[nH]1. The summed E-state index contributed by atoms with van der Waals surface area (Å²) in [6, 6.07) is 5.00. The maximum atomic E-state index is 11.9. The van der Waals surface area contributed by atoms with Gasteiger partial charge in [0.05, 0.1) is 17.0 Å². The first kappa shape index (κ1) is 14.3. The fraction of sp³-hybridized carbons (Fsp3) is 0.429. The number of nitrogens with two attached hydrogens (primary N) is 1. The number of aliphatic hydroxyl groups excluding tert-OH is 1. The molecule has 1 atom stereocenters. The van der Waals surface area contributed by atoms with E-state index in [1.807, 2.05) is 13.8 Å². The smallest absolute Gasteiger partial charge is 0.260 e. The van der Waals surface area contributed by atoms with Gasteiger partial charge in [0.15, 0.2) is 0 Å². The van der Waals surface area contributed by atoms with E-state index in [4.69, 9.17) is 5.73 Å². The van der Waals surface area contributed by atoms with Crippen LogP contribution in [0.3, 0.4) is 0 Å². The number of hydrogen-bond donors (Lipinski definition) is 4. The van der Waals surface area contributed by atoms with Crippen molar-refractivity contribution in [3.05, 3.63) is 28.6 Å². The molecule has 0 amide bonds. The van der Waals surface area contributed by atoms with E-state index in [0.717, 1.165) is 0 Å². The third-order valence-electron chi connectivity index (χ3n) is 2.98. The van der Waals surface area contributed by atoms with Crippen LogP contribution in [0.1, 0.15) is 20.3 Å². The first-order valence-corrected chi connectivity index (χ1v) is 6.67. The molecule has 108 valence electrons. The fourth-order valence-corrected chi connectivity index (χ4v) is 2.08. The molecule has 0 saturated heterocycles. The molecule has 0 saturated carbocycles. The number of aromatic nitrogens is 2. The molecule has 0 bridgehead atoms. The van der Waals surface area contributed by atoms with Crippen LogP contribution in [0, 0.1) is 5.92 Å². The van der Waals surface area contributed by atoms with E-state index < -0.39 is 6.10 Å². The largest absolute Gasteiger partial charge is 0.399 e. The number of fused-ring (bicyclic) bond motifs is 1. The minimum absolute atomic E-state index is 0.247. The van der Waals surface area contributed by atoms with Crippen LogP contribution >= 0.6 is 0 Å². The van der Waals surface area contributed by atoms with Crippen molar-refractivity contribution in [2.24, 2.45) is 5.92 Å². The molecule has 1 unspecified atom stereocenters. The summed E-state index contributed by atoms with van der Waals surface area (Å²) in [6.45, 7) is 4.44. The summed E-state index contributed by atoms with van der Waals surface area (Å²) in [5, 5.41) is 13.2. The average Bonchev–Trinajstić information content (AvgIpc) is 2.36. The van der Waals surface area contributed by atoms with E-state index in [1.165, 1.54) is 0 Å². The molecule has 0 radical (unpaired) electrons. The van der Waals surface area contributed by atoms with Crippen molar-refractivity contribution >= 4 is 22.5 Å². The molecule has 5 N–H and O–H groups in total. The van der Waals surface area contributed by atoms with Crippen molar-refractivity contribution in [2.75, 3.05) is 17.6 Å². The maximum absolute atomic E-state index is 11.9. The quantitative estimate of drug-likeness (QED) is 0.617. The number of benzene rings is 1. The van der Waals surface area contributed by atoms with Crippen LogP contribution in [-0.4, -0.2) is 27.7 Å². The molecule has 0 fully saturated rings. The Morgan fingerprint density at radius 2 is 2.20 bits per heavy atom. The monoisotopic (exact) mass is 276 g/mol. The Morgan fingerprint density at radius 3 is 2.90 bits per heavy atom. The lowest BCUT2D eigenvalue weighted by molar-refractivity contribution is 0.161. The number of aliphatic hydroxyl groups is 1. The van der Waals surface area contributed by atoms with Crippen molar-refractivity contribution in [1.82, 2.24) is 9.97 Å². The second-order valence-corrected chi connectivity index (χ2v) is 5.36. The molecule has 6 heteroatoms. The number of nitrogens with zero attached hydrogens (tertiary/aromatic N) is 1. The van der Waals surface area contributed by atoms with Gasteiger partial charge in [-0.1, -0.05) is 13.8 Å². The Morgan fingerprint density at radius 1 is 1.45 bits per heavy atom. The second-order valence-electron chi connectivity index (χ2n) is 5.36. The Labute approximate surface area is 117 Å². The Kier molecular flexibility index (Phi) is 4.24. The molecular formula is C14H20N4O2. The Balaban J connectivity index is 2.16. The molecule has 0 aliphatic heterocycles. The molecule has 1 heterocycles. The molecule has 1 aromatic heterocycles. The fourth-order valence-electron chi connectivity index (χ4n) is 2.08. The van der Waals surface area contributed by atoms with Gasteiger partial charge in [0.25, 0.3) is 5.56 Å². The third kappa shape index (κ3) is 3.48. The minimum atomic E-state index is -0.470. The summed E-state index contributed by atoms with van der Waals surface area (Å²) >= 11 is 0. The molecule has 0 spiro atoms. The summed E-state index contributed by atoms with van der Waals surface area (Å²) in [5.74, 6) is 0.772. The van der Waals surface area contributed by atoms with Crippen LogP contribution in [0.15, 0.2) is 23.0 Å². The van der Waals surface area contributed by atoms with Crippen LogP contribution in [0.5, 0.6) is 0 Å². The maximum Gasteiger partial charge on any atom is 0.260 e. The topological polar surface area (TPSA) is 104 Å². The van der Waals surface area contributed by atoms with Crippen LogP contribution in [-0.2, 0) is 0 Å². The van der Waals surface area contributed by atoms with E-state index in [0.29, 0.717) is 41.4 Å². The van der Waals surface area contributed by atoms with Crippen molar-refractivity contribution in [3.63, 3.8) is 0 Å². The molecule has 2 aromatic rings. The summed E-state index contributed by atoms with van der Waals surface area (Å²) in [6.07, 6.45) is 0.226. The van der Waals surface area contributed by atoms with Crippen LogP contribution in [0.25, 0.3) is 10.9 Å². The Hall–Kier alpha value is -2.08. The highest BCUT2D eigenvalue weighted by atomic mass is 16.3. The molecule has 0 aliphatic rings. The van der Waals surface area contributed by atoms with Gasteiger partial charge in [0, 0.05) is 12.2 Å². The summed E-state index contributed by atoms with van der Waals surface area (Å²) in [7, 11) is 0. The first-order valence-electron chi connectivity index (χ1n) is 6.67. The van der Waals surface area contributed by atoms with Crippen LogP contribution in [0.2, 0.25) is 0 Å². The summed E-state index contributed by atoms with van der Waals surface area (Å²) < 4.78 is 0. The highest BCUT2D eigenvalue weighted by Gasteiger charge is 2.08. The summed E-state index contributed by atoms with van der Waals surface area (Å²) in [4.78, 5) is 18.9. The minimum Gasteiger partial charge on any atom is -0.399 e. The normalized spacial score (nSPS) is 12.8. The van der Waals surface area contributed by atoms with E-state index >= 15 is 0 Å². The van der Waals surface area contributed by atoms with Crippen molar-refractivity contribution in [1.29, 1.82) is 0 Å². The highest BCUT2D eigenvalue weighted by Crippen LogP contribution is 2.13. The van der Waals surface area contributed by atoms with E-state index in [1.54, 1.807) is 18.2 Å². The highest BCUT2D eigenvalue weighted by molar-refractivity contribution is 5.81. The van der Waals surface area contributed by atoms with Gasteiger partial charge >= 0.3 is 0 Å². The van der Waals surface area contributed by atoms with Crippen molar-refractivity contribution in [3.8, 4) is 0 Å². The molecule has 0 aliphatic carbocycles. The standard InChI is InChI=1S/C14H20N4O2/c1-8(2)5-10(19)7-16-14-17-12-4-3-9(15)6-11(12)13(20)18-14/h3-4,6,8,10,19H,5,7,15H2,1-2H3,(H2,16,17,18,20). The van der Waals surface area contributed by atoms with Gasteiger partial charge in [-0.3, -0.25) is 9.78 Å². The number of anilines is 2. The van der Waals surface area contributed by atoms with E-state index in [-0.39, 0.29) is 5.56 Å². The lowest BCUT2D eigenvalue weighted by atomic mass is 10.1. The zero-order valence-electron chi connectivity index (χ0n) is 11.7. The average molecular weight is 276 g/mol. The van der Waals surface area contributed by atoms with Crippen molar-refractivity contribution in [2.45, 2.75) is 26.4 Å². The molecule has 6 nitrogen and oxygen atoms in total. The van der Waals surface area contributed by atoms with Crippen LogP contribution in [0.4, 0.5) is 11.6 Å². The molecule has 20 heavy (non-hydrogen) atoms. The van der Waals surface area contributed by atoms with Gasteiger partial charge in [0.1, 0.15) is 0 Å². The molecular weight excluding hydrogens is 256 g/mol. The predicted octanol–water partition coefficient (Wildman–Crippen LogP) is 1.32. The molecule has 1 aromatic carbocycles. The zero-order chi connectivity index (χ0) is 14.7. The van der Waals surface area contributed by atoms with Crippen LogP contribution < -0.4 is 16.6 Å². The van der Waals surface area contributed by atoms with Gasteiger partial charge in [-0.05, 0) is 30.5 Å². The number of hydrogen-bond acceptors (Lipinski definition) is 5. The van der Waals surface area contributed by atoms with Gasteiger partial charge in [-0.25, -0.2) is 4.98 Å². The van der Waals surface area contributed by atoms with Gasteiger partial charge < -0.3 is 16.2 Å². The number of nitrogen functional groups attached to an aromatic ring is 1. The molecule has 2 rings (SSSR count).